The topological polar surface area (TPSA) is 96.0 Å². The largest absolute Gasteiger partial charge is 0.369 e. The fourth-order valence-corrected chi connectivity index (χ4v) is 0.494. The highest BCUT2D eigenvalue weighted by Crippen LogP contribution is 1.98. The van der Waals surface area contributed by atoms with Crippen LogP contribution in [0.1, 0.15) is 0 Å². The lowest BCUT2D eigenvalue weighted by atomic mass is 10.3. The van der Waals surface area contributed by atoms with E-state index in [4.69, 9.17) is 10.9 Å². The third kappa shape index (κ3) is 0.893. The number of nitrogens with two attached hydrogens (primary N) is 1. The molecule has 1 atom stereocenters. The van der Waals surface area contributed by atoms with E-state index in [0.29, 0.717) is 0 Å². The Bertz CT molecular complexity index is 190. The van der Waals surface area contributed by atoms with Crippen LogP contribution in [-0.4, -0.2) is 34.5 Å². The van der Waals surface area contributed by atoms with Crippen LogP contribution < -0.4 is 5.73 Å². The lowest BCUT2D eigenvalue weighted by Gasteiger charge is -2.19. The molecule has 1 heterocycles. The molecule has 0 aromatic heterocycles. The van der Waals surface area contributed by atoms with Crippen molar-refractivity contribution < 1.29 is 14.8 Å². The summed E-state index contributed by atoms with van der Waals surface area (Å²) < 4.78 is 0. The minimum atomic E-state index is -1.30. The molecule has 1 rings (SSSR count). The number of hydroxylamine groups is 2. The van der Waals surface area contributed by atoms with Crippen molar-refractivity contribution in [3.8, 4) is 0 Å². The van der Waals surface area contributed by atoms with Gasteiger partial charge < -0.3 is 5.73 Å². The van der Waals surface area contributed by atoms with Crippen molar-refractivity contribution in [2.24, 2.45) is 10.7 Å². The van der Waals surface area contributed by atoms with Crippen molar-refractivity contribution in [1.29, 1.82) is 0 Å². The molecule has 0 aliphatic carbocycles. The highest BCUT2D eigenvalue weighted by molar-refractivity contribution is 6.33. The van der Waals surface area contributed by atoms with Crippen LogP contribution in [0.4, 0.5) is 4.79 Å². The Morgan fingerprint density at radius 3 is 2.80 bits per heavy atom. The van der Waals surface area contributed by atoms with Gasteiger partial charge in [0, 0.05) is 0 Å². The van der Waals surface area contributed by atoms with Crippen molar-refractivity contribution in [2.75, 3.05) is 0 Å². The Morgan fingerprint density at radius 1 is 1.70 bits per heavy atom. The molecule has 10 heavy (non-hydrogen) atoms. The molecule has 54 valence electrons. The summed E-state index contributed by atoms with van der Waals surface area (Å²) >= 11 is 0. The van der Waals surface area contributed by atoms with Crippen LogP contribution in [0.25, 0.3) is 0 Å². The first-order valence-corrected chi connectivity index (χ1v) is 2.48. The molecular weight excluding hydrogens is 138 g/mol. The number of hydrogen-bond donors (Lipinski definition) is 2. The second kappa shape index (κ2) is 2.16. The van der Waals surface area contributed by atoms with Crippen LogP contribution >= 0.6 is 0 Å². The summed E-state index contributed by atoms with van der Waals surface area (Å²) in [4.78, 5) is 23.9. The van der Waals surface area contributed by atoms with Gasteiger partial charge >= 0.3 is 6.03 Å². The smallest absolute Gasteiger partial charge is 0.303 e. The maximum Gasteiger partial charge on any atom is 0.369 e. The normalized spacial score (nSPS) is 25.8. The first-order valence-electron chi connectivity index (χ1n) is 2.48. The van der Waals surface area contributed by atoms with Gasteiger partial charge in [-0.05, 0) is 0 Å². The van der Waals surface area contributed by atoms with Crippen LogP contribution in [0, 0.1) is 0 Å². The number of hydrogen-bond acceptors (Lipinski definition) is 4. The molecule has 1 aliphatic heterocycles. The zero-order valence-electron chi connectivity index (χ0n) is 4.89. The Hall–Kier alpha value is -1.27. The minimum Gasteiger partial charge on any atom is -0.303 e. The molecule has 0 radical (unpaired) electrons. The molecule has 0 fully saturated rings. The van der Waals surface area contributed by atoms with Gasteiger partial charge in [-0.3, -0.25) is 10.0 Å². The molecule has 0 bridgehead atoms. The van der Waals surface area contributed by atoms with E-state index in [1.54, 1.807) is 0 Å². The summed E-state index contributed by atoms with van der Waals surface area (Å²) in [7, 11) is 0. The maximum absolute atomic E-state index is 10.5. The summed E-state index contributed by atoms with van der Waals surface area (Å²) in [6.07, 6.45) is -0.510. The number of ketones is 1. The molecule has 6 nitrogen and oxygen atoms in total. The van der Waals surface area contributed by atoms with Gasteiger partial charge in [0.25, 0.3) is 0 Å². The van der Waals surface area contributed by atoms with E-state index in [1.807, 2.05) is 0 Å². The first-order chi connectivity index (χ1) is 4.63. The van der Waals surface area contributed by atoms with Gasteiger partial charge in [0.1, 0.15) is 0 Å². The number of rotatable bonds is 0. The lowest BCUT2D eigenvalue weighted by Crippen LogP contribution is -2.51. The summed E-state index contributed by atoms with van der Waals surface area (Å²) in [5, 5.41) is 8.73. The molecule has 1 unspecified atom stereocenters. The number of urea groups is 1. The van der Waals surface area contributed by atoms with Crippen molar-refractivity contribution in [2.45, 2.75) is 6.17 Å². The monoisotopic (exact) mass is 143 g/mol. The summed E-state index contributed by atoms with van der Waals surface area (Å²) in [5.74, 6) is -0.595. The summed E-state index contributed by atoms with van der Waals surface area (Å²) in [5.41, 5.74) is 5.03. The summed E-state index contributed by atoms with van der Waals surface area (Å²) in [6, 6.07) is -0.924. The Morgan fingerprint density at radius 2 is 2.30 bits per heavy atom. The number of Topliss-reactive ketones (excluding diaryl/α,β-unsaturated/α-hetero) is 1. The number of carbonyl (C=O) groups excluding carboxylic acids is 2. The van der Waals surface area contributed by atoms with Gasteiger partial charge in [-0.2, -0.15) is 10.1 Å². The standard InChI is InChI=1S/C4H5N3O3/c5-3-2(8)1-6-4(9)7(3)10/h1,3,10H,5H2. The van der Waals surface area contributed by atoms with E-state index in [-0.39, 0.29) is 5.06 Å². The highest BCUT2D eigenvalue weighted by atomic mass is 16.5. The fraction of sp³-hybridized carbons (Fsp3) is 0.250. The molecule has 3 N–H and O–H groups in total. The number of amides is 2. The van der Waals surface area contributed by atoms with Gasteiger partial charge in [0.2, 0.25) is 5.78 Å². The predicted molar refractivity (Wildman–Crippen MR) is 30.5 cm³/mol. The quantitative estimate of drug-likeness (QED) is 0.413. The van der Waals surface area contributed by atoms with Crippen molar-refractivity contribution in [3.05, 3.63) is 0 Å². The van der Waals surface area contributed by atoms with E-state index < -0.39 is 18.0 Å². The van der Waals surface area contributed by atoms with Crippen LogP contribution in [0.3, 0.4) is 0 Å². The van der Waals surface area contributed by atoms with Crippen molar-refractivity contribution in [3.63, 3.8) is 0 Å². The number of carbonyl (C=O) groups is 2. The van der Waals surface area contributed by atoms with Crippen LogP contribution in [0.5, 0.6) is 0 Å². The van der Waals surface area contributed by atoms with E-state index >= 15 is 0 Å². The third-order valence-electron chi connectivity index (χ3n) is 1.05. The molecule has 0 saturated carbocycles. The minimum absolute atomic E-state index is 0.0856. The van der Waals surface area contributed by atoms with Gasteiger partial charge in [0.15, 0.2) is 6.17 Å². The highest BCUT2D eigenvalue weighted by Gasteiger charge is 2.27. The van der Waals surface area contributed by atoms with Crippen LogP contribution in [-0.2, 0) is 4.79 Å². The van der Waals surface area contributed by atoms with Gasteiger partial charge in [-0.25, -0.2) is 4.79 Å². The van der Waals surface area contributed by atoms with E-state index in [0.717, 1.165) is 6.21 Å². The van der Waals surface area contributed by atoms with Gasteiger partial charge in [-0.1, -0.05) is 0 Å². The zero-order valence-corrected chi connectivity index (χ0v) is 4.89. The molecule has 0 spiro atoms. The molecular formula is C4H5N3O3. The summed E-state index contributed by atoms with van der Waals surface area (Å²) in [6.45, 7) is 0. The second-order valence-electron chi connectivity index (χ2n) is 1.73. The first kappa shape index (κ1) is 6.84. The van der Waals surface area contributed by atoms with Gasteiger partial charge in [-0.15, -0.1) is 0 Å². The lowest BCUT2D eigenvalue weighted by molar-refractivity contribution is -0.131. The molecule has 0 saturated heterocycles. The number of nitrogens with zero attached hydrogens (tertiary/aromatic N) is 2. The van der Waals surface area contributed by atoms with E-state index in [2.05, 4.69) is 4.99 Å². The average Bonchev–Trinajstić information content (AvgIpc) is 1.93. The van der Waals surface area contributed by atoms with Crippen LogP contribution in [0.2, 0.25) is 0 Å². The Balaban J connectivity index is 2.89. The molecule has 6 heteroatoms. The predicted octanol–water partition coefficient (Wildman–Crippen LogP) is -1.26. The van der Waals surface area contributed by atoms with E-state index in [1.165, 1.54) is 0 Å². The molecule has 1 aliphatic rings. The number of aliphatic imine (C=N–C) groups is 1. The Labute approximate surface area is 55.9 Å². The second-order valence-corrected chi connectivity index (χ2v) is 1.73. The van der Waals surface area contributed by atoms with Gasteiger partial charge in [0.05, 0.1) is 6.21 Å². The van der Waals surface area contributed by atoms with Crippen molar-refractivity contribution >= 4 is 18.0 Å². The molecule has 0 aromatic carbocycles. The Kier molecular flexibility index (Phi) is 1.48. The maximum atomic E-state index is 10.5. The third-order valence-corrected chi connectivity index (χ3v) is 1.05. The molecule has 2 amide bonds. The average molecular weight is 143 g/mol. The molecule has 0 aromatic rings. The van der Waals surface area contributed by atoms with Crippen LogP contribution in [0.15, 0.2) is 4.99 Å². The van der Waals surface area contributed by atoms with Crippen molar-refractivity contribution in [1.82, 2.24) is 5.06 Å². The fourth-order valence-electron chi connectivity index (χ4n) is 0.494. The van der Waals surface area contributed by atoms with E-state index in [9.17, 15) is 9.59 Å². The SMILES string of the molecule is NC1C(=O)C=NC(=O)N1O. The zero-order chi connectivity index (χ0) is 7.72.